The monoisotopic (exact) mass is 728 g/mol. The molecule has 4 nitrogen and oxygen atoms in total. The van der Waals surface area contributed by atoms with Gasteiger partial charge in [-0.25, -0.2) is 0 Å². The highest BCUT2D eigenvalue weighted by atomic mass is 16.4. The van der Waals surface area contributed by atoms with Gasteiger partial charge >= 0.3 is 0 Å². The van der Waals surface area contributed by atoms with Crippen molar-refractivity contribution in [1.82, 2.24) is 0 Å². The first kappa shape index (κ1) is 32.6. The Bertz CT molecular complexity index is 2810. The van der Waals surface area contributed by atoms with Gasteiger partial charge < -0.3 is 13.7 Å². The molecule has 2 aliphatic heterocycles. The van der Waals surface area contributed by atoms with E-state index >= 15 is 0 Å². The van der Waals surface area contributed by atoms with Gasteiger partial charge in [0, 0.05) is 44.3 Å². The van der Waals surface area contributed by atoms with E-state index in [1.165, 1.54) is 104 Å². The molecule has 0 amide bonds. The van der Waals surface area contributed by atoms with Crippen molar-refractivity contribution in [3.05, 3.63) is 144 Å². The second kappa shape index (κ2) is 11.9. The fourth-order valence-corrected chi connectivity index (χ4v) is 11.3. The lowest BCUT2D eigenvalue weighted by Crippen LogP contribution is -2.62. The summed E-state index contributed by atoms with van der Waals surface area (Å²) in [7, 11) is 0. The number of fused-ring (bicyclic) bond motifs is 12. The summed E-state index contributed by atoms with van der Waals surface area (Å²) in [6.45, 7) is 6.93. The van der Waals surface area contributed by atoms with Crippen LogP contribution in [0.1, 0.15) is 80.5 Å². The van der Waals surface area contributed by atoms with Crippen molar-refractivity contribution >= 4 is 73.9 Å². The number of hydrogen-bond donors (Lipinski definition) is 0. The molecule has 0 radical (unpaired) electrons. The first-order valence-corrected chi connectivity index (χ1v) is 20.8. The highest BCUT2D eigenvalue weighted by Gasteiger charge is 2.50. The molecule has 1 fully saturated rings. The molecule has 2 aromatic heterocycles. The molecule has 3 aliphatic carbocycles. The van der Waals surface area contributed by atoms with E-state index in [1.54, 1.807) is 0 Å². The SMILES string of the molecule is Cc1cc2c3c(c1)N(C1C=CC=CC1)c1oc4c5c(ccc4c1B3c1c(oc3c(C4CCCCC4)cccc13)N2c1ccccc1)C(C)(C)Cc1ccccc1-5. The molecule has 1 unspecified atom stereocenters. The number of allylic oxidation sites excluding steroid dienone is 2. The molecule has 1 saturated carbocycles. The van der Waals surface area contributed by atoms with Crippen LogP contribution in [-0.4, -0.2) is 12.8 Å². The Kier molecular flexibility index (Phi) is 6.93. The zero-order valence-electron chi connectivity index (χ0n) is 32.4. The molecule has 274 valence electrons. The maximum absolute atomic E-state index is 7.56. The van der Waals surface area contributed by atoms with E-state index in [9.17, 15) is 0 Å². The summed E-state index contributed by atoms with van der Waals surface area (Å²) in [4.78, 5) is 4.96. The molecule has 0 bridgehead atoms. The fourth-order valence-electron chi connectivity index (χ4n) is 11.3. The lowest BCUT2D eigenvalue weighted by atomic mass is 9.33. The van der Waals surface area contributed by atoms with E-state index < -0.39 is 0 Å². The first-order chi connectivity index (χ1) is 27.5. The van der Waals surface area contributed by atoms with Crippen molar-refractivity contribution in [2.24, 2.45) is 0 Å². The van der Waals surface area contributed by atoms with E-state index in [1.807, 2.05) is 0 Å². The number of nitrogens with zero attached hydrogens (tertiary/aromatic N) is 2. The zero-order valence-corrected chi connectivity index (χ0v) is 32.4. The normalized spacial score (nSPS) is 19.2. The highest BCUT2D eigenvalue weighted by Crippen LogP contribution is 2.51. The molecule has 5 heteroatoms. The summed E-state index contributed by atoms with van der Waals surface area (Å²) in [6.07, 6.45) is 17.3. The summed E-state index contributed by atoms with van der Waals surface area (Å²) in [5.74, 6) is 2.41. The number of benzene rings is 5. The number of furan rings is 2. The predicted octanol–water partition coefficient (Wildman–Crippen LogP) is 11.7. The first-order valence-electron chi connectivity index (χ1n) is 20.8. The standard InChI is InChI=1S/C51H45BN2O2/c1-31-28-41-46-42(29-31)54(35-21-11-6-12-22-35)50-45(39-26-27-40-43(48(39)56-50)36-23-14-13-18-33(36)30-51(40,2)3)52(46)44-38-25-15-24-37(32-16-7-4-8-17-32)47(38)55-49(44)53(41)34-19-9-5-10-20-34/h5-6,9-15,18-21,23-29,32,35H,4,7-8,16-17,22,30H2,1-3H3. The summed E-state index contributed by atoms with van der Waals surface area (Å²) in [5.41, 5.74) is 17.3. The summed E-state index contributed by atoms with van der Waals surface area (Å²) in [5, 5.41) is 2.43. The van der Waals surface area contributed by atoms with Gasteiger partial charge in [-0.3, -0.25) is 4.90 Å². The van der Waals surface area contributed by atoms with Crippen LogP contribution in [0.15, 0.2) is 130 Å². The van der Waals surface area contributed by atoms with Gasteiger partial charge in [0.2, 0.25) is 5.88 Å². The highest BCUT2D eigenvalue weighted by molar-refractivity contribution is 7.02. The summed E-state index contributed by atoms with van der Waals surface area (Å²) >= 11 is 0. The van der Waals surface area contributed by atoms with Crippen molar-refractivity contribution in [2.75, 3.05) is 9.80 Å². The summed E-state index contributed by atoms with van der Waals surface area (Å²) < 4.78 is 15.0. The van der Waals surface area contributed by atoms with Gasteiger partial charge in [0.25, 0.3) is 6.71 Å². The molecule has 1 atom stereocenters. The minimum absolute atomic E-state index is 0.0283. The maximum atomic E-state index is 7.56. The Morgan fingerprint density at radius 1 is 0.714 bits per heavy atom. The molecule has 4 heterocycles. The molecule has 12 rings (SSSR count). The molecule has 0 spiro atoms. The van der Waals surface area contributed by atoms with Crippen LogP contribution in [0.5, 0.6) is 0 Å². The van der Waals surface area contributed by atoms with Gasteiger partial charge in [0.15, 0.2) is 5.88 Å². The van der Waals surface area contributed by atoms with Gasteiger partial charge in [-0.1, -0.05) is 130 Å². The van der Waals surface area contributed by atoms with Crippen molar-refractivity contribution in [1.29, 1.82) is 0 Å². The summed E-state index contributed by atoms with van der Waals surface area (Å²) in [6, 6.07) is 36.5. The topological polar surface area (TPSA) is 32.8 Å². The Balaban J connectivity index is 1.22. The van der Waals surface area contributed by atoms with Crippen LogP contribution in [0.4, 0.5) is 28.8 Å². The van der Waals surface area contributed by atoms with Gasteiger partial charge in [-0.15, -0.1) is 0 Å². The molecular weight excluding hydrogens is 683 g/mol. The fraction of sp³-hybridized carbons (Fsp3) is 0.255. The van der Waals surface area contributed by atoms with Gasteiger partial charge in [0.1, 0.15) is 11.2 Å². The Morgan fingerprint density at radius 3 is 2.32 bits per heavy atom. The predicted molar refractivity (Wildman–Crippen MR) is 233 cm³/mol. The number of hydrogen-bond acceptors (Lipinski definition) is 4. The third kappa shape index (κ3) is 4.49. The van der Waals surface area contributed by atoms with E-state index in [0.29, 0.717) is 5.92 Å². The Hall–Kier alpha value is -5.68. The third-order valence-corrected chi connectivity index (χ3v) is 13.7. The molecular formula is C51H45BN2O2. The van der Waals surface area contributed by atoms with Crippen LogP contribution >= 0.6 is 0 Å². The molecule has 5 aliphatic rings. The number of para-hydroxylation sites is 2. The van der Waals surface area contributed by atoms with Crippen LogP contribution in [-0.2, 0) is 11.8 Å². The molecule has 0 saturated heterocycles. The second-order valence-corrected chi connectivity index (χ2v) is 17.6. The molecule has 56 heavy (non-hydrogen) atoms. The van der Waals surface area contributed by atoms with Crippen LogP contribution in [0.2, 0.25) is 0 Å². The smallest absolute Gasteiger partial charge is 0.262 e. The van der Waals surface area contributed by atoms with E-state index in [2.05, 4.69) is 152 Å². The van der Waals surface area contributed by atoms with Crippen molar-refractivity contribution in [3.8, 4) is 11.1 Å². The van der Waals surface area contributed by atoms with Gasteiger partial charge in [-0.05, 0) is 101 Å². The van der Waals surface area contributed by atoms with Crippen molar-refractivity contribution in [2.45, 2.75) is 83.1 Å². The second-order valence-electron chi connectivity index (χ2n) is 17.6. The average molecular weight is 729 g/mol. The van der Waals surface area contributed by atoms with Gasteiger partial charge in [-0.2, -0.15) is 0 Å². The minimum Gasteiger partial charge on any atom is -0.440 e. The lowest BCUT2D eigenvalue weighted by Gasteiger charge is -2.42. The van der Waals surface area contributed by atoms with E-state index in [4.69, 9.17) is 8.83 Å². The Morgan fingerprint density at radius 2 is 1.48 bits per heavy atom. The average Bonchev–Trinajstić information content (AvgIpc) is 3.80. The number of aryl methyl sites for hydroxylation is 1. The quantitative estimate of drug-likeness (QED) is 0.170. The maximum Gasteiger partial charge on any atom is 0.262 e. The lowest BCUT2D eigenvalue weighted by molar-refractivity contribution is 0.441. The van der Waals surface area contributed by atoms with E-state index in [0.717, 1.165) is 41.5 Å². The largest absolute Gasteiger partial charge is 0.440 e. The molecule has 7 aromatic rings. The van der Waals surface area contributed by atoms with Crippen molar-refractivity contribution < 1.29 is 8.83 Å². The zero-order chi connectivity index (χ0) is 37.3. The molecule has 0 N–H and O–H groups in total. The van der Waals surface area contributed by atoms with Gasteiger partial charge in [0.05, 0.1) is 6.04 Å². The Labute approximate surface area is 329 Å². The van der Waals surface area contributed by atoms with Crippen molar-refractivity contribution in [3.63, 3.8) is 0 Å². The minimum atomic E-state index is -0.0843. The van der Waals surface area contributed by atoms with Crippen LogP contribution in [0.25, 0.3) is 33.1 Å². The van der Waals surface area contributed by atoms with E-state index in [-0.39, 0.29) is 18.2 Å². The molecule has 5 aromatic carbocycles. The van der Waals surface area contributed by atoms with Crippen LogP contribution in [0.3, 0.4) is 0 Å². The van der Waals surface area contributed by atoms with Crippen LogP contribution in [0, 0.1) is 6.92 Å². The number of anilines is 5. The number of rotatable bonds is 3. The van der Waals surface area contributed by atoms with Crippen LogP contribution < -0.4 is 26.2 Å². The third-order valence-electron chi connectivity index (χ3n) is 13.7.